The standard InChI is InChI=1S/C11H11N3O2S/c12-11-13-5-7-3-6(1-2-9(16)17)4-8(15)10(7)14-11/h3-5,15H,1-2H2,(H,16,17)(H2,12,13,14). The van der Waals surface area contributed by atoms with Gasteiger partial charge in [0.05, 0.1) is 0 Å². The van der Waals surface area contributed by atoms with Crippen LogP contribution in [0.15, 0.2) is 18.3 Å². The first-order valence-corrected chi connectivity index (χ1v) is 5.47. The van der Waals surface area contributed by atoms with Gasteiger partial charge in [0.1, 0.15) is 11.3 Å². The molecule has 0 aliphatic carbocycles. The van der Waals surface area contributed by atoms with Crippen LogP contribution in [0.25, 0.3) is 10.9 Å². The van der Waals surface area contributed by atoms with Crippen molar-refractivity contribution in [3.63, 3.8) is 0 Å². The third kappa shape index (κ3) is 2.65. The van der Waals surface area contributed by atoms with Gasteiger partial charge in [-0.1, -0.05) is 0 Å². The molecular weight excluding hydrogens is 238 g/mol. The Kier molecular flexibility index (Phi) is 3.14. The number of carbonyl (C=O) groups is 1. The van der Waals surface area contributed by atoms with Gasteiger partial charge in [-0.05, 0) is 24.1 Å². The molecule has 0 unspecified atom stereocenters. The van der Waals surface area contributed by atoms with Crippen molar-refractivity contribution in [3.05, 3.63) is 23.9 Å². The van der Waals surface area contributed by atoms with Crippen LogP contribution in [0, 0.1) is 0 Å². The number of benzene rings is 1. The lowest BCUT2D eigenvalue weighted by Gasteiger charge is -2.05. The highest BCUT2D eigenvalue weighted by Crippen LogP contribution is 2.25. The van der Waals surface area contributed by atoms with E-state index >= 15 is 0 Å². The lowest BCUT2D eigenvalue weighted by Crippen LogP contribution is -1.96. The highest BCUT2D eigenvalue weighted by Gasteiger charge is 2.06. The average molecular weight is 249 g/mol. The maximum Gasteiger partial charge on any atom is 0.220 e. The van der Waals surface area contributed by atoms with Crippen molar-refractivity contribution in [2.45, 2.75) is 12.8 Å². The van der Waals surface area contributed by atoms with Gasteiger partial charge in [0, 0.05) is 18.0 Å². The van der Waals surface area contributed by atoms with E-state index in [-0.39, 0.29) is 16.8 Å². The number of aromatic nitrogens is 2. The second kappa shape index (κ2) is 4.58. The molecule has 0 aliphatic rings. The quantitative estimate of drug-likeness (QED) is 0.714. The van der Waals surface area contributed by atoms with Gasteiger partial charge in [0.15, 0.2) is 5.12 Å². The highest BCUT2D eigenvalue weighted by atomic mass is 32.1. The molecule has 2 rings (SSSR count). The van der Waals surface area contributed by atoms with E-state index in [1.54, 1.807) is 12.3 Å². The summed E-state index contributed by atoms with van der Waals surface area (Å²) < 4.78 is 0. The number of hydrogen-bond donors (Lipinski definition) is 3. The molecule has 2 aromatic rings. The van der Waals surface area contributed by atoms with Crippen LogP contribution in [0.5, 0.6) is 5.75 Å². The predicted molar refractivity (Wildman–Crippen MR) is 67.9 cm³/mol. The summed E-state index contributed by atoms with van der Waals surface area (Å²) in [5.41, 5.74) is 6.70. The summed E-state index contributed by atoms with van der Waals surface area (Å²) >= 11 is 3.70. The summed E-state index contributed by atoms with van der Waals surface area (Å²) in [6.07, 6.45) is 2.39. The fourth-order valence-corrected chi connectivity index (χ4v) is 1.71. The number of fused-ring (bicyclic) bond motifs is 1. The molecule has 88 valence electrons. The molecule has 0 spiro atoms. The number of phenolic OH excluding ortho intramolecular Hbond substituents is 1. The van der Waals surface area contributed by atoms with Crippen molar-refractivity contribution in [2.75, 3.05) is 5.73 Å². The number of phenols is 1. The minimum Gasteiger partial charge on any atom is -0.506 e. The number of carbonyl (C=O) groups excluding carboxylic acids is 1. The number of thiol groups is 1. The molecule has 6 heteroatoms. The number of rotatable bonds is 3. The van der Waals surface area contributed by atoms with E-state index in [2.05, 4.69) is 22.6 Å². The smallest absolute Gasteiger partial charge is 0.220 e. The lowest BCUT2D eigenvalue weighted by molar-refractivity contribution is -0.110. The van der Waals surface area contributed by atoms with Crippen LogP contribution in [-0.2, 0) is 11.2 Å². The van der Waals surface area contributed by atoms with Gasteiger partial charge in [-0.3, -0.25) is 4.79 Å². The average Bonchev–Trinajstić information content (AvgIpc) is 2.27. The van der Waals surface area contributed by atoms with E-state index in [9.17, 15) is 9.90 Å². The Labute approximate surface area is 103 Å². The number of nitrogen functional groups attached to an aromatic ring is 1. The Morgan fingerprint density at radius 1 is 1.47 bits per heavy atom. The Hall–Kier alpha value is -1.82. The fourth-order valence-electron chi connectivity index (χ4n) is 1.60. The summed E-state index contributed by atoms with van der Waals surface area (Å²) in [7, 11) is 0. The molecule has 0 bridgehead atoms. The first kappa shape index (κ1) is 11.7. The largest absolute Gasteiger partial charge is 0.506 e. The van der Waals surface area contributed by atoms with E-state index in [4.69, 9.17) is 5.73 Å². The Balaban J connectivity index is 2.41. The Morgan fingerprint density at radius 3 is 2.94 bits per heavy atom. The first-order valence-electron chi connectivity index (χ1n) is 5.02. The Morgan fingerprint density at radius 2 is 2.24 bits per heavy atom. The molecule has 0 saturated carbocycles. The van der Waals surface area contributed by atoms with Crippen LogP contribution in [0.4, 0.5) is 5.95 Å². The molecule has 0 radical (unpaired) electrons. The number of anilines is 1. The van der Waals surface area contributed by atoms with Crippen molar-refractivity contribution < 1.29 is 9.90 Å². The summed E-state index contributed by atoms with van der Waals surface area (Å²) in [4.78, 5) is 18.6. The zero-order valence-electron chi connectivity index (χ0n) is 8.92. The molecule has 1 aromatic carbocycles. The second-order valence-corrected chi connectivity index (χ2v) is 4.17. The number of nitrogens with two attached hydrogens (primary N) is 1. The van der Waals surface area contributed by atoms with Gasteiger partial charge in [-0.25, -0.2) is 9.97 Å². The van der Waals surface area contributed by atoms with E-state index in [1.807, 2.05) is 6.07 Å². The first-order chi connectivity index (χ1) is 8.06. The molecule has 0 aliphatic heterocycles. The third-order valence-corrected chi connectivity index (χ3v) is 2.59. The molecular formula is C11H11N3O2S. The van der Waals surface area contributed by atoms with E-state index in [0.717, 1.165) is 5.56 Å². The predicted octanol–water partition coefficient (Wildman–Crippen LogP) is 1.31. The summed E-state index contributed by atoms with van der Waals surface area (Å²) in [6, 6.07) is 3.40. The minimum absolute atomic E-state index is 0.0400. The highest BCUT2D eigenvalue weighted by molar-refractivity contribution is 7.96. The number of nitrogens with zero attached hydrogens (tertiary/aromatic N) is 2. The topological polar surface area (TPSA) is 89.1 Å². The normalized spacial score (nSPS) is 10.6. The van der Waals surface area contributed by atoms with Crippen LogP contribution in [0.3, 0.4) is 0 Å². The van der Waals surface area contributed by atoms with E-state index in [1.165, 1.54) is 0 Å². The molecule has 0 saturated heterocycles. The summed E-state index contributed by atoms with van der Waals surface area (Å²) in [6.45, 7) is 0. The van der Waals surface area contributed by atoms with E-state index < -0.39 is 0 Å². The fraction of sp³-hybridized carbons (Fsp3) is 0.182. The van der Waals surface area contributed by atoms with Crippen LogP contribution >= 0.6 is 12.6 Å². The molecule has 1 aromatic heterocycles. The van der Waals surface area contributed by atoms with E-state index in [0.29, 0.717) is 23.7 Å². The van der Waals surface area contributed by atoms with Crippen molar-refractivity contribution >= 4 is 34.6 Å². The monoisotopic (exact) mass is 249 g/mol. The molecule has 3 N–H and O–H groups in total. The van der Waals surface area contributed by atoms with Crippen molar-refractivity contribution in [3.8, 4) is 5.75 Å². The van der Waals surface area contributed by atoms with Gasteiger partial charge < -0.3 is 10.8 Å². The van der Waals surface area contributed by atoms with Crippen molar-refractivity contribution in [2.24, 2.45) is 0 Å². The van der Waals surface area contributed by atoms with Crippen molar-refractivity contribution in [1.82, 2.24) is 9.97 Å². The van der Waals surface area contributed by atoms with Gasteiger partial charge >= 0.3 is 0 Å². The van der Waals surface area contributed by atoms with Gasteiger partial charge in [0.2, 0.25) is 5.95 Å². The molecule has 0 fully saturated rings. The lowest BCUT2D eigenvalue weighted by atomic mass is 10.1. The molecule has 1 heterocycles. The van der Waals surface area contributed by atoms with Crippen LogP contribution < -0.4 is 5.73 Å². The Bertz CT molecular complexity index is 586. The third-order valence-electron chi connectivity index (χ3n) is 2.37. The maximum absolute atomic E-state index is 10.8. The number of hydrogen-bond acceptors (Lipinski definition) is 5. The number of aromatic hydroxyl groups is 1. The van der Waals surface area contributed by atoms with Gasteiger partial charge in [0.25, 0.3) is 0 Å². The van der Waals surface area contributed by atoms with Crippen molar-refractivity contribution in [1.29, 1.82) is 0 Å². The van der Waals surface area contributed by atoms with Crippen LogP contribution in [-0.4, -0.2) is 20.2 Å². The summed E-state index contributed by atoms with van der Waals surface area (Å²) in [5.74, 6) is 0.157. The van der Waals surface area contributed by atoms with Crippen LogP contribution in [0.2, 0.25) is 0 Å². The second-order valence-electron chi connectivity index (χ2n) is 3.67. The number of aryl methyl sites for hydroxylation is 1. The molecule has 5 nitrogen and oxygen atoms in total. The zero-order chi connectivity index (χ0) is 12.4. The zero-order valence-corrected chi connectivity index (χ0v) is 9.82. The van der Waals surface area contributed by atoms with Gasteiger partial charge in [-0.15, -0.1) is 12.6 Å². The minimum atomic E-state index is -0.182. The van der Waals surface area contributed by atoms with Crippen LogP contribution in [0.1, 0.15) is 12.0 Å². The molecule has 0 atom stereocenters. The summed E-state index contributed by atoms with van der Waals surface area (Å²) in [5, 5.41) is 10.3. The SMILES string of the molecule is Nc1ncc2cc(CCC(=O)S)cc(O)c2n1. The molecule has 17 heavy (non-hydrogen) atoms. The van der Waals surface area contributed by atoms with Gasteiger partial charge in [-0.2, -0.15) is 0 Å². The maximum atomic E-state index is 10.8. The molecule has 0 amide bonds.